The summed E-state index contributed by atoms with van der Waals surface area (Å²) < 4.78 is 13.3. The van der Waals surface area contributed by atoms with Gasteiger partial charge in [0.25, 0.3) is 0 Å². The molecule has 20 heavy (non-hydrogen) atoms. The molecule has 1 aromatic heterocycles. The Morgan fingerprint density at radius 3 is 2.70 bits per heavy atom. The van der Waals surface area contributed by atoms with E-state index in [9.17, 15) is 4.39 Å². The molecule has 0 saturated heterocycles. The molecule has 0 fully saturated rings. The van der Waals surface area contributed by atoms with Crippen LogP contribution in [0.5, 0.6) is 0 Å². The minimum Gasteiger partial charge on any atom is -0.329 e. The van der Waals surface area contributed by atoms with Crippen LogP contribution in [0.4, 0.5) is 15.9 Å². The number of aryl methyl sites for hydroxylation is 1. The van der Waals surface area contributed by atoms with E-state index in [4.69, 9.17) is 11.6 Å². The highest BCUT2D eigenvalue weighted by atomic mass is 35.5. The molecule has 106 valence electrons. The lowest BCUT2D eigenvalue weighted by molar-refractivity contribution is 0.628. The van der Waals surface area contributed by atoms with E-state index in [0.717, 1.165) is 35.6 Å². The van der Waals surface area contributed by atoms with Crippen LogP contribution in [0.1, 0.15) is 24.6 Å². The van der Waals surface area contributed by atoms with Crippen LogP contribution in [0, 0.1) is 5.82 Å². The monoisotopic (exact) mass is 292 g/mol. The number of nitrogens with zero attached hydrogens (tertiary/aromatic N) is 2. The first-order valence-electron chi connectivity index (χ1n) is 6.69. The standard InChI is InChI=1S/C16H18ClFN2/c1-3-5-14-8-12(11-17)9-16(19-14)20(2)15-7-4-6-13(18)10-15/h4,6-10H,3,5,11H2,1-2H3. The minimum absolute atomic E-state index is 0.253. The number of anilines is 2. The number of hydrogen-bond acceptors (Lipinski definition) is 2. The van der Waals surface area contributed by atoms with Gasteiger partial charge in [-0.1, -0.05) is 19.4 Å². The Bertz CT molecular complexity index is 586. The molecule has 1 heterocycles. The SMILES string of the molecule is CCCc1cc(CCl)cc(N(C)c2cccc(F)c2)n1. The van der Waals surface area contributed by atoms with Crippen molar-refractivity contribution >= 4 is 23.1 Å². The van der Waals surface area contributed by atoms with Gasteiger partial charge in [0.15, 0.2) is 0 Å². The van der Waals surface area contributed by atoms with Gasteiger partial charge >= 0.3 is 0 Å². The lowest BCUT2D eigenvalue weighted by Gasteiger charge is -2.20. The first-order chi connectivity index (χ1) is 9.63. The summed E-state index contributed by atoms with van der Waals surface area (Å²) >= 11 is 5.94. The number of aromatic nitrogens is 1. The zero-order chi connectivity index (χ0) is 14.5. The number of halogens is 2. The molecule has 1 aromatic carbocycles. The third kappa shape index (κ3) is 3.48. The van der Waals surface area contributed by atoms with Crippen molar-refractivity contribution in [2.75, 3.05) is 11.9 Å². The van der Waals surface area contributed by atoms with E-state index in [1.807, 2.05) is 30.1 Å². The summed E-state index contributed by atoms with van der Waals surface area (Å²) in [7, 11) is 1.88. The van der Waals surface area contributed by atoms with Gasteiger partial charge in [0.2, 0.25) is 0 Å². The molecule has 2 nitrogen and oxygen atoms in total. The fraction of sp³-hybridized carbons (Fsp3) is 0.312. The fourth-order valence-corrected chi connectivity index (χ4v) is 2.24. The largest absolute Gasteiger partial charge is 0.329 e. The molecule has 4 heteroatoms. The second kappa shape index (κ2) is 6.71. The van der Waals surface area contributed by atoms with Gasteiger partial charge < -0.3 is 4.90 Å². The van der Waals surface area contributed by atoms with Crippen molar-refractivity contribution in [3.8, 4) is 0 Å². The van der Waals surface area contributed by atoms with Crippen molar-refractivity contribution in [3.63, 3.8) is 0 Å². The van der Waals surface area contributed by atoms with E-state index >= 15 is 0 Å². The summed E-state index contributed by atoms with van der Waals surface area (Å²) in [6.07, 6.45) is 1.94. The van der Waals surface area contributed by atoms with E-state index < -0.39 is 0 Å². The molecule has 0 aliphatic heterocycles. The van der Waals surface area contributed by atoms with Crippen LogP contribution in [-0.4, -0.2) is 12.0 Å². The molecule has 0 aliphatic rings. The van der Waals surface area contributed by atoms with Crippen LogP contribution in [0.2, 0.25) is 0 Å². The third-order valence-electron chi connectivity index (χ3n) is 3.12. The van der Waals surface area contributed by atoms with Crippen LogP contribution in [-0.2, 0) is 12.3 Å². The van der Waals surface area contributed by atoms with Crippen LogP contribution < -0.4 is 4.90 Å². The van der Waals surface area contributed by atoms with Crippen molar-refractivity contribution in [3.05, 3.63) is 53.5 Å². The first kappa shape index (κ1) is 14.8. The van der Waals surface area contributed by atoms with E-state index in [0.29, 0.717) is 5.88 Å². The number of benzene rings is 1. The summed E-state index contributed by atoms with van der Waals surface area (Å²) in [5, 5.41) is 0. The van der Waals surface area contributed by atoms with E-state index in [1.54, 1.807) is 6.07 Å². The Hall–Kier alpha value is -1.61. The van der Waals surface area contributed by atoms with Crippen molar-refractivity contribution in [1.82, 2.24) is 4.98 Å². The van der Waals surface area contributed by atoms with Gasteiger partial charge in [-0.25, -0.2) is 9.37 Å². The van der Waals surface area contributed by atoms with Gasteiger partial charge in [0.1, 0.15) is 11.6 Å². The molecule has 0 aliphatic carbocycles. The van der Waals surface area contributed by atoms with E-state index in [1.165, 1.54) is 12.1 Å². The molecule has 0 atom stereocenters. The van der Waals surface area contributed by atoms with Gasteiger partial charge in [-0.05, 0) is 42.3 Å². The Morgan fingerprint density at radius 2 is 2.05 bits per heavy atom. The zero-order valence-electron chi connectivity index (χ0n) is 11.7. The Kier molecular flexibility index (Phi) is 4.96. The highest BCUT2D eigenvalue weighted by Gasteiger charge is 2.09. The second-order valence-electron chi connectivity index (χ2n) is 4.75. The highest BCUT2D eigenvalue weighted by Crippen LogP contribution is 2.24. The summed E-state index contributed by atoms with van der Waals surface area (Å²) in [5.74, 6) is 0.984. The Balaban J connectivity index is 2.37. The molecule has 0 amide bonds. The quantitative estimate of drug-likeness (QED) is 0.744. The van der Waals surface area contributed by atoms with Crippen LogP contribution >= 0.6 is 11.6 Å². The van der Waals surface area contributed by atoms with Crippen molar-refractivity contribution in [2.45, 2.75) is 25.6 Å². The van der Waals surface area contributed by atoms with Crippen LogP contribution in [0.3, 0.4) is 0 Å². The number of alkyl halides is 1. The third-order valence-corrected chi connectivity index (χ3v) is 3.43. The van der Waals surface area contributed by atoms with Crippen LogP contribution in [0.15, 0.2) is 36.4 Å². The molecule has 2 rings (SSSR count). The molecule has 0 spiro atoms. The number of rotatable bonds is 5. The Morgan fingerprint density at radius 1 is 1.25 bits per heavy atom. The summed E-state index contributed by atoms with van der Waals surface area (Å²) in [6.45, 7) is 2.12. The van der Waals surface area contributed by atoms with E-state index in [2.05, 4.69) is 11.9 Å². The Labute approximate surface area is 124 Å². The maximum absolute atomic E-state index is 13.3. The molecule has 2 aromatic rings. The molecule has 0 unspecified atom stereocenters. The van der Waals surface area contributed by atoms with Gasteiger partial charge in [-0.2, -0.15) is 0 Å². The highest BCUT2D eigenvalue weighted by molar-refractivity contribution is 6.17. The van der Waals surface area contributed by atoms with E-state index in [-0.39, 0.29) is 5.82 Å². The maximum Gasteiger partial charge on any atom is 0.133 e. The maximum atomic E-state index is 13.3. The summed E-state index contributed by atoms with van der Waals surface area (Å²) in [5.41, 5.74) is 2.82. The van der Waals surface area contributed by atoms with Gasteiger partial charge in [0.05, 0.1) is 0 Å². The molecule has 0 N–H and O–H groups in total. The molecule has 0 saturated carbocycles. The average molecular weight is 293 g/mol. The number of hydrogen-bond donors (Lipinski definition) is 0. The van der Waals surface area contributed by atoms with Crippen molar-refractivity contribution in [2.24, 2.45) is 0 Å². The number of pyridine rings is 1. The van der Waals surface area contributed by atoms with Crippen molar-refractivity contribution < 1.29 is 4.39 Å². The van der Waals surface area contributed by atoms with Crippen molar-refractivity contribution in [1.29, 1.82) is 0 Å². The zero-order valence-corrected chi connectivity index (χ0v) is 12.5. The lowest BCUT2D eigenvalue weighted by atomic mass is 10.1. The average Bonchev–Trinajstić information content (AvgIpc) is 2.46. The minimum atomic E-state index is -0.253. The first-order valence-corrected chi connectivity index (χ1v) is 7.22. The summed E-state index contributed by atoms with van der Waals surface area (Å²) in [4.78, 5) is 6.50. The molecule has 0 bridgehead atoms. The normalized spacial score (nSPS) is 10.6. The topological polar surface area (TPSA) is 16.1 Å². The summed E-state index contributed by atoms with van der Waals surface area (Å²) in [6, 6.07) is 10.4. The molecule has 0 radical (unpaired) electrons. The predicted octanol–water partition coefficient (Wildman–Crippen LogP) is 4.68. The molecular weight excluding hydrogens is 275 g/mol. The van der Waals surface area contributed by atoms with Gasteiger partial charge in [-0.15, -0.1) is 11.6 Å². The fourth-order valence-electron chi connectivity index (χ4n) is 2.08. The predicted molar refractivity (Wildman–Crippen MR) is 82.3 cm³/mol. The van der Waals surface area contributed by atoms with Gasteiger partial charge in [-0.3, -0.25) is 0 Å². The van der Waals surface area contributed by atoms with Crippen LogP contribution in [0.25, 0.3) is 0 Å². The van der Waals surface area contributed by atoms with Gasteiger partial charge in [0, 0.05) is 24.3 Å². The molecular formula is C16H18ClFN2. The second-order valence-corrected chi connectivity index (χ2v) is 5.01. The smallest absolute Gasteiger partial charge is 0.133 e. The lowest BCUT2D eigenvalue weighted by Crippen LogP contribution is -2.12.